The highest BCUT2D eigenvalue weighted by molar-refractivity contribution is 6.31. The molecule has 3 rings (SSSR count). The Morgan fingerprint density at radius 2 is 2.26 bits per heavy atom. The predicted octanol–water partition coefficient (Wildman–Crippen LogP) is 3.11. The number of hydrogen-bond donors (Lipinski definition) is 2. The SMILES string of the molecule is [2H]COC[C@@H](C(N)=O)N(C[2H])Cc1cc2c(Nc3cccc(Cl)c3F)ncnc2cc1OC. The van der Waals surface area contributed by atoms with Crippen LogP contribution in [0, 0.1) is 5.82 Å². The topological polar surface area (TPSA) is 103 Å². The summed E-state index contributed by atoms with van der Waals surface area (Å²) in [6.45, 7) is 0.00894. The van der Waals surface area contributed by atoms with E-state index < -0.39 is 17.8 Å². The van der Waals surface area contributed by atoms with Crippen LogP contribution in [-0.2, 0) is 16.1 Å². The highest BCUT2D eigenvalue weighted by atomic mass is 35.5. The molecule has 0 bridgehead atoms. The van der Waals surface area contributed by atoms with Crippen molar-refractivity contribution in [3.8, 4) is 5.75 Å². The van der Waals surface area contributed by atoms with Crippen molar-refractivity contribution < 1.29 is 21.4 Å². The zero-order valence-corrected chi connectivity index (χ0v) is 17.5. The van der Waals surface area contributed by atoms with E-state index in [0.717, 1.165) is 0 Å². The summed E-state index contributed by atoms with van der Waals surface area (Å²) in [5, 5.41) is 3.48. The fourth-order valence-corrected chi connectivity index (χ4v) is 3.25. The van der Waals surface area contributed by atoms with E-state index in [1.807, 2.05) is 0 Å². The lowest BCUT2D eigenvalue weighted by molar-refractivity contribution is -0.124. The van der Waals surface area contributed by atoms with Crippen LogP contribution in [0.4, 0.5) is 15.9 Å². The highest BCUT2D eigenvalue weighted by Crippen LogP contribution is 2.32. The zero-order chi connectivity index (χ0) is 24.0. The van der Waals surface area contributed by atoms with Crippen molar-refractivity contribution in [2.75, 3.05) is 33.1 Å². The quantitative estimate of drug-likeness (QED) is 0.517. The van der Waals surface area contributed by atoms with Gasteiger partial charge in [-0.15, -0.1) is 0 Å². The van der Waals surface area contributed by atoms with Crippen LogP contribution in [0.2, 0.25) is 5.02 Å². The Balaban J connectivity index is 2.02. The van der Waals surface area contributed by atoms with Crippen LogP contribution in [0.15, 0.2) is 36.7 Å². The van der Waals surface area contributed by atoms with Gasteiger partial charge in [0.2, 0.25) is 5.91 Å². The second-order valence-electron chi connectivity index (χ2n) is 6.67. The number of carbonyl (C=O) groups excluding carboxylic acids is 1. The molecule has 3 aromatic rings. The molecule has 1 heterocycles. The highest BCUT2D eigenvalue weighted by Gasteiger charge is 2.22. The molecular formula is C21H23ClFN5O3. The van der Waals surface area contributed by atoms with Gasteiger partial charge in [0, 0.05) is 32.0 Å². The number of likely N-dealkylation sites (N-methyl/N-ethyl adjacent to an activating group) is 1. The molecule has 3 N–H and O–H groups in total. The number of halogens is 2. The summed E-state index contributed by atoms with van der Waals surface area (Å²) in [6, 6.07) is 7.11. The molecule has 0 aliphatic carbocycles. The van der Waals surface area contributed by atoms with Gasteiger partial charge >= 0.3 is 0 Å². The van der Waals surface area contributed by atoms with Crippen molar-refractivity contribution >= 4 is 39.9 Å². The normalized spacial score (nSPS) is 13.0. The molecule has 1 aromatic heterocycles. The Labute approximate surface area is 186 Å². The number of rotatable bonds is 9. The van der Waals surface area contributed by atoms with E-state index in [4.69, 9.17) is 29.5 Å². The van der Waals surface area contributed by atoms with E-state index in [1.54, 1.807) is 18.2 Å². The first-order chi connectivity index (χ1) is 15.9. The molecule has 0 fully saturated rings. The number of hydrogen-bond acceptors (Lipinski definition) is 7. The van der Waals surface area contributed by atoms with E-state index in [0.29, 0.717) is 28.0 Å². The van der Waals surface area contributed by atoms with E-state index in [-0.39, 0.29) is 38.0 Å². The second-order valence-corrected chi connectivity index (χ2v) is 7.07. The van der Waals surface area contributed by atoms with Crippen molar-refractivity contribution in [2.24, 2.45) is 5.73 Å². The van der Waals surface area contributed by atoms with Crippen LogP contribution in [0.5, 0.6) is 5.75 Å². The Kier molecular flexibility index (Phi) is 6.34. The monoisotopic (exact) mass is 449 g/mol. The molecule has 0 saturated heterocycles. The van der Waals surface area contributed by atoms with Gasteiger partial charge in [-0.1, -0.05) is 17.7 Å². The van der Waals surface area contributed by atoms with Gasteiger partial charge in [0.25, 0.3) is 0 Å². The summed E-state index contributed by atoms with van der Waals surface area (Å²) in [5.41, 5.74) is 6.80. The first-order valence-electron chi connectivity index (χ1n) is 10.5. The van der Waals surface area contributed by atoms with Crippen LogP contribution < -0.4 is 15.8 Å². The third-order valence-electron chi connectivity index (χ3n) is 4.66. The summed E-state index contributed by atoms with van der Waals surface area (Å²) in [4.78, 5) is 21.9. The molecule has 164 valence electrons. The smallest absolute Gasteiger partial charge is 0.237 e. The third kappa shape index (κ3) is 5.01. The van der Waals surface area contributed by atoms with Crippen LogP contribution in [-0.4, -0.2) is 54.6 Å². The molecule has 0 aliphatic rings. The molecule has 0 aliphatic heterocycles. The molecule has 1 amide bonds. The Morgan fingerprint density at radius 1 is 1.42 bits per heavy atom. The number of primary amides is 1. The number of fused-ring (bicyclic) bond motifs is 1. The van der Waals surface area contributed by atoms with Gasteiger partial charge in [0.05, 0.1) is 31.3 Å². The van der Waals surface area contributed by atoms with Crippen LogP contribution >= 0.6 is 11.6 Å². The molecular weight excluding hydrogens is 425 g/mol. The fourth-order valence-electron chi connectivity index (χ4n) is 3.08. The average Bonchev–Trinajstić information content (AvgIpc) is 2.81. The second kappa shape index (κ2) is 9.86. The number of benzene rings is 2. The maximum absolute atomic E-state index is 14.4. The zero-order valence-electron chi connectivity index (χ0n) is 18.8. The molecule has 1 atom stereocenters. The van der Waals surface area contributed by atoms with Crippen molar-refractivity contribution in [1.82, 2.24) is 14.9 Å². The van der Waals surface area contributed by atoms with Gasteiger partial charge < -0.3 is 20.5 Å². The molecule has 2 aromatic carbocycles. The lowest BCUT2D eigenvalue weighted by Gasteiger charge is -2.25. The molecule has 0 radical (unpaired) electrons. The van der Waals surface area contributed by atoms with Gasteiger partial charge in [0.15, 0.2) is 5.82 Å². The number of carbonyl (C=O) groups is 1. The van der Waals surface area contributed by atoms with Crippen molar-refractivity contribution in [3.05, 3.63) is 53.1 Å². The summed E-state index contributed by atoms with van der Waals surface area (Å²) < 4.78 is 40.0. The fraction of sp³-hybridized carbons (Fsp3) is 0.286. The molecule has 0 unspecified atom stereocenters. The number of aromatic nitrogens is 2. The predicted molar refractivity (Wildman–Crippen MR) is 117 cm³/mol. The Hall–Kier alpha value is -3.01. The number of ether oxygens (including phenoxy) is 2. The van der Waals surface area contributed by atoms with Gasteiger partial charge in [0.1, 0.15) is 23.9 Å². The average molecular weight is 450 g/mol. The minimum Gasteiger partial charge on any atom is -0.496 e. The number of methoxy groups -OCH3 is 2. The lowest BCUT2D eigenvalue weighted by atomic mass is 10.1. The molecule has 0 saturated carbocycles. The van der Waals surface area contributed by atoms with Crippen molar-refractivity contribution in [2.45, 2.75) is 12.6 Å². The molecule has 8 nitrogen and oxygen atoms in total. The van der Waals surface area contributed by atoms with E-state index >= 15 is 0 Å². The van der Waals surface area contributed by atoms with Gasteiger partial charge in [-0.2, -0.15) is 0 Å². The summed E-state index contributed by atoms with van der Waals surface area (Å²) in [6.07, 6.45) is 1.34. The number of anilines is 2. The minimum atomic E-state index is -0.904. The number of nitrogens with two attached hydrogens (primary N) is 1. The van der Waals surface area contributed by atoms with Crippen LogP contribution in [0.25, 0.3) is 10.9 Å². The van der Waals surface area contributed by atoms with Gasteiger partial charge in [-0.05, 0) is 25.2 Å². The van der Waals surface area contributed by atoms with Crippen molar-refractivity contribution in [1.29, 1.82) is 0 Å². The Morgan fingerprint density at radius 3 is 2.97 bits per heavy atom. The molecule has 10 heteroatoms. The molecule has 0 spiro atoms. The summed E-state index contributed by atoms with van der Waals surface area (Å²) >= 11 is 5.88. The maximum atomic E-state index is 14.4. The largest absolute Gasteiger partial charge is 0.496 e. The number of nitrogens with one attached hydrogen (secondary N) is 1. The standard InChI is InChI=1S/C21H23ClFN5O3/c1-28(17(10-30-2)20(24)29)9-12-7-13-16(8-18(12)31-3)25-11-26-21(13)27-15-6-4-5-14(22)19(15)23/h4-8,11,17H,9-10H2,1-3H3,(H2,24,29)(H,25,26,27)/t17-/m0/s1/i1D,2D. The summed E-state index contributed by atoms with van der Waals surface area (Å²) in [5.74, 6) is -0.466. The summed E-state index contributed by atoms with van der Waals surface area (Å²) in [7, 11) is 0.911. The first kappa shape index (κ1) is 19.9. The third-order valence-corrected chi connectivity index (χ3v) is 4.95. The van der Waals surface area contributed by atoms with Gasteiger partial charge in [-0.25, -0.2) is 14.4 Å². The van der Waals surface area contributed by atoms with E-state index in [1.165, 1.54) is 30.5 Å². The number of nitrogens with zero attached hydrogens (tertiary/aromatic N) is 3. The van der Waals surface area contributed by atoms with E-state index in [9.17, 15) is 9.18 Å². The first-order valence-corrected chi connectivity index (χ1v) is 9.49. The maximum Gasteiger partial charge on any atom is 0.237 e. The van der Waals surface area contributed by atoms with E-state index in [2.05, 4.69) is 15.3 Å². The van der Waals surface area contributed by atoms with Crippen LogP contribution in [0.1, 0.15) is 8.30 Å². The Bertz CT molecular complexity index is 1140. The van der Waals surface area contributed by atoms with Crippen LogP contribution in [0.3, 0.4) is 0 Å². The minimum absolute atomic E-state index is 0.0285. The molecule has 31 heavy (non-hydrogen) atoms. The lowest BCUT2D eigenvalue weighted by Crippen LogP contribution is -2.45. The van der Waals surface area contributed by atoms with Crippen molar-refractivity contribution in [3.63, 3.8) is 0 Å². The van der Waals surface area contributed by atoms with Gasteiger partial charge in [-0.3, -0.25) is 9.69 Å². The number of amides is 1.